The van der Waals surface area contributed by atoms with E-state index in [1.165, 1.54) is 0 Å². The lowest BCUT2D eigenvalue weighted by atomic mass is 9.96. The molecule has 0 aliphatic heterocycles. The topological polar surface area (TPSA) is 52.5 Å². The van der Waals surface area contributed by atoms with Gasteiger partial charge < -0.3 is 4.98 Å². The number of aromatic nitrogens is 2. The summed E-state index contributed by atoms with van der Waals surface area (Å²) >= 11 is 0. The van der Waals surface area contributed by atoms with E-state index < -0.39 is 0 Å². The number of fused-ring (bicyclic) bond motifs is 1. The summed E-state index contributed by atoms with van der Waals surface area (Å²) in [5, 5.41) is 10.1. The molecule has 0 saturated heterocycles. The van der Waals surface area contributed by atoms with Crippen LogP contribution in [0.4, 0.5) is 0 Å². The standard InChI is InChI=1S/C12H13N3/c1-3-8(2)10-6-9-4-5-14-12(9)15-11(10)7-13/h4-6,8H,3H2,1-2H3,(H,14,15). The minimum atomic E-state index is 0.381. The number of nitrogens with zero attached hydrogens (tertiary/aromatic N) is 2. The highest BCUT2D eigenvalue weighted by atomic mass is 14.9. The van der Waals surface area contributed by atoms with Crippen LogP contribution in [-0.4, -0.2) is 9.97 Å². The quantitative estimate of drug-likeness (QED) is 0.808. The second kappa shape index (κ2) is 3.74. The lowest BCUT2D eigenvalue weighted by Gasteiger charge is -2.10. The minimum absolute atomic E-state index is 0.381. The van der Waals surface area contributed by atoms with Crippen LogP contribution in [-0.2, 0) is 0 Å². The van der Waals surface area contributed by atoms with Gasteiger partial charge in [0.2, 0.25) is 0 Å². The Morgan fingerprint density at radius 3 is 3.07 bits per heavy atom. The zero-order valence-corrected chi connectivity index (χ0v) is 8.91. The second-order valence-electron chi connectivity index (χ2n) is 3.76. The Morgan fingerprint density at radius 1 is 1.60 bits per heavy atom. The molecule has 2 rings (SSSR count). The summed E-state index contributed by atoms with van der Waals surface area (Å²) in [4.78, 5) is 7.32. The van der Waals surface area contributed by atoms with Gasteiger partial charge in [-0.1, -0.05) is 13.8 Å². The van der Waals surface area contributed by atoms with Crippen molar-refractivity contribution in [1.29, 1.82) is 5.26 Å². The molecule has 2 aromatic rings. The average Bonchev–Trinajstić information content (AvgIpc) is 2.73. The number of H-pyrrole nitrogens is 1. The fraction of sp³-hybridized carbons (Fsp3) is 0.333. The zero-order chi connectivity index (χ0) is 10.8. The normalized spacial score (nSPS) is 12.6. The van der Waals surface area contributed by atoms with E-state index in [0.717, 1.165) is 23.0 Å². The molecule has 3 heteroatoms. The van der Waals surface area contributed by atoms with Crippen LogP contribution in [0.15, 0.2) is 18.3 Å². The van der Waals surface area contributed by atoms with Crippen LogP contribution in [0, 0.1) is 11.3 Å². The van der Waals surface area contributed by atoms with Crippen molar-refractivity contribution in [3.63, 3.8) is 0 Å². The summed E-state index contributed by atoms with van der Waals surface area (Å²) < 4.78 is 0. The van der Waals surface area contributed by atoms with Crippen molar-refractivity contribution >= 4 is 11.0 Å². The Balaban J connectivity index is 2.65. The Hall–Kier alpha value is -1.82. The maximum absolute atomic E-state index is 9.03. The van der Waals surface area contributed by atoms with Crippen molar-refractivity contribution in [3.05, 3.63) is 29.6 Å². The SMILES string of the molecule is CCC(C)c1cc2cc[nH]c2nc1C#N. The largest absolute Gasteiger partial charge is 0.346 e. The van der Waals surface area contributed by atoms with Gasteiger partial charge in [-0.2, -0.15) is 5.26 Å². The Bertz CT molecular complexity index is 519. The smallest absolute Gasteiger partial charge is 0.146 e. The molecule has 0 radical (unpaired) electrons. The van der Waals surface area contributed by atoms with Crippen molar-refractivity contribution < 1.29 is 0 Å². The lowest BCUT2D eigenvalue weighted by molar-refractivity contribution is 0.728. The van der Waals surface area contributed by atoms with Crippen LogP contribution in [0.1, 0.15) is 37.4 Å². The summed E-state index contributed by atoms with van der Waals surface area (Å²) in [6.45, 7) is 4.24. The molecular formula is C12H13N3. The molecular weight excluding hydrogens is 186 g/mol. The van der Waals surface area contributed by atoms with Gasteiger partial charge in [0.05, 0.1) is 0 Å². The first-order chi connectivity index (χ1) is 7.26. The fourth-order valence-electron chi connectivity index (χ4n) is 1.68. The van der Waals surface area contributed by atoms with Crippen molar-refractivity contribution in [1.82, 2.24) is 9.97 Å². The molecule has 76 valence electrons. The Kier molecular flexibility index (Phi) is 2.42. The van der Waals surface area contributed by atoms with E-state index in [0.29, 0.717) is 11.6 Å². The lowest BCUT2D eigenvalue weighted by Crippen LogP contribution is -1.98. The molecule has 2 aromatic heterocycles. The first-order valence-corrected chi connectivity index (χ1v) is 5.14. The van der Waals surface area contributed by atoms with Gasteiger partial charge >= 0.3 is 0 Å². The van der Waals surface area contributed by atoms with Gasteiger partial charge in [0.15, 0.2) is 0 Å². The summed E-state index contributed by atoms with van der Waals surface area (Å²) in [6.07, 6.45) is 2.87. The zero-order valence-electron chi connectivity index (χ0n) is 8.91. The van der Waals surface area contributed by atoms with Crippen molar-refractivity contribution in [3.8, 4) is 6.07 Å². The van der Waals surface area contributed by atoms with Crippen LogP contribution < -0.4 is 0 Å². The number of hydrogen-bond donors (Lipinski definition) is 1. The van der Waals surface area contributed by atoms with E-state index in [2.05, 4.69) is 36.0 Å². The molecule has 0 aliphatic rings. The molecule has 0 amide bonds. The van der Waals surface area contributed by atoms with Crippen LogP contribution in [0.25, 0.3) is 11.0 Å². The van der Waals surface area contributed by atoms with Crippen LogP contribution in [0.3, 0.4) is 0 Å². The highest BCUT2D eigenvalue weighted by Crippen LogP contribution is 2.24. The first-order valence-electron chi connectivity index (χ1n) is 5.14. The molecule has 0 aromatic carbocycles. The van der Waals surface area contributed by atoms with E-state index in [4.69, 9.17) is 5.26 Å². The fourth-order valence-corrected chi connectivity index (χ4v) is 1.68. The molecule has 0 aliphatic carbocycles. The molecule has 3 nitrogen and oxygen atoms in total. The third-order valence-electron chi connectivity index (χ3n) is 2.81. The van der Waals surface area contributed by atoms with E-state index in [9.17, 15) is 0 Å². The third-order valence-corrected chi connectivity index (χ3v) is 2.81. The van der Waals surface area contributed by atoms with Crippen molar-refractivity contribution in [2.45, 2.75) is 26.2 Å². The van der Waals surface area contributed by atoms with Gasteiger partial charge in [-0.25, -0.2) is 4.98 Å². The van der Waals surface area contributed by atoms with Crippen molar-refractivity contribution in [2.24, 2.45) is 0 Å². The van der Waals surface area contributed by atoms with Crippen LogP contribution in [0.5, 0.6) is 0 Å². The minimum Gasteiger partial charge on any atom is -0.346 e. The van der Waals surface area contributed by atoms with Crippen LogP contribution in [0.2, 0.25) is 0 Å². The maximum atomic E-state index is 9.03. The highest BCUT2D eigenvalue weighted by molar-refractivity contribution is 5.77. The summed E-state index contributed by atoms with van der Waals surface area (Å²) in [6, 6.07) is 6.20. The number of aromatic amines is 1. The third kappa shape index (κ3) is 1.59. The molecule has 15 heavy (non-hydrogen) atoms. The van der Waals surface area contributed by atoms with Crippen LogP contribution >= 0.6 is 0 Å². The van der Waals surface area contributed by atoms with E-state index in [1.54, 1.807) is 0 Å². The molecule has 0 spiro atoms. The van der Waals surface area contributed by atoms with Gasteiger partial charge in [-0.3, -0.25) is 0 Å². The monoisotopic (exact) mass is 199 g/mol. The molecule has 0 fully saturated rings. The molecule has 1 unspecified atom stereocenters. The second-order valence-corrected chi connectivity index (χ2v) is 3.76. The number of hydrogen-bond acceptors (Lipinski definition) is 2. The molecule has 1 atom stereocenters. The highest BCUT2D eigenvalue weighted by Gasteiger charge is 2.12. The van der Waals surface area contributed by atoms with E-state index in [1.807, 2.05) is 12.3 Å². The number of pyridine rings is 1. The predicted molar refractivity (Wildman–Crippen MR) is 59.5 cm³/mol. The van der Waals surface area contributed by atoms with Gasteiger partial charge in [-0.05, 0) is 30.0 Å². The number of rotatable bonds is 2. The maximum Gasteiger partial charge on any atom is 0.146 e. The van der Waals surface area contributed by atoms with E-state index >= 15 is 0 Å². The summed E-state index contributed by atoms with van der Waals surface area (Å²) in [5.74, 6) is 0.381. The molecule has 0 saturated carbocycles. The average molecular weight is 199 g/mol. The number of nitriles is 1. The molecule has 0 bridgehead atoms. The molecule has 1 N–H and O–H groups in total. The molecule has 2 heterocycles. The number of nitrogens with one attached hydrogen (secondary N) is 1. The van der Waals surface area contributed by atoms with Gasteiger partial charge in [0, 0.05) is 11.6 Å². The van der Waals surface area contributed by atoms with Gasteiger partial charge in [0.25, 0.3) is 0 Å². The Labute approximate surface area is 88.8 Å². The van der Waals surface area contributed by atoms with Gasteiger partial charge in [0.1, 0.15) is 17.4 Å². The van der Waals surface area contributed by atoms with Gasteiger partial charge in [-0.15, -0.1) is 0 Å². The van der Waals surface area contributed by atoms with Crippen molar-refractivity contribution in [2.75, 3.05) is 0 Å². The summed E-state index contributed by atoms with van der Waals surface area (Å²) in [5.41, 5.74) is 2.38. The van der Waals surface area contributed by atoms with E-state index in [-0.39, 0.29) is 0 Å². The predicted octanol–water partition coefficient (Wildman–Crippen LogP) is 2.95. The Morgan fingerprint density at radius 2 is 2.40 bits per heavy atom. The first kappa shape index (κ1) is 9.72. The summed E-state index contributed by atoms with van der Waals surface area (Å²) in [7, 11) is 0.